The van der Waals surface area contributed by atoms with Crippen LogP contribution in [0.2, 0.25) is 0 Å². The van der Waals surface area contributed by atoms with Gasteiger partial charge in [-0.15, -0.1) is 0 Å². The van der Waals surface area contributed by atoms with E-state index in [0.29, 0.717) is 19.8 Å². The van der Waals surface area contributed by atoms with Crippen LogP contribution < -0.4 is 20.1 Å². The molecule has 8 heteroatoms. The summed E-state index contributed by atoms with van der Waals surface area (Å²) in [4.78, 5) is 15.9. The highest BCUT2D eigenvalue weighted by atomic mass is 16.5. The minimum absolute atomic E-state index is 0.132. The summed E-state index contributed by atoms with van der Waals surface area (Å²) in [6.45, 7) is 4.54. The summed E-state index contributed by atoms with van der Waals surface area (Å²) in [5.41, 5.74) is 0.974. The molecule has 0 radical (unpaired) electrons. The Kier molecular flexibility index (Phi) is 5.71. The van der Waals surface area contributed by atoms with E-state index in [-0.39, 0.29) is 12.1 Å². The Morgan fingerprint density at radius 2 is 2.16 bits per heavy atom. The van der Waals surface area contributed by atoms with E-state index in [2.05, 4.69) is 20.7 Å². The number of rotatable bonds is 6. The van der Waals surface area contributed by atoms with Crippen LogP contribution in [-0.4, -0.2) is 40.6 Å². The highest BCUT2D eigenvalue weighted by Gasteiger charge is 2.15. The first-order chi connectivity index (χ1) is 12.2. The number of hydrogen-bond acceptors (Lipinski definition) is 5. The van der Waals surface area contributed by atoms with Crippen molar-refractivity contribution >= 4 is 6.03 Å². The fourth-order valence-electron chi connectivity index (χ4n) is 2.57. The molecule has 0 aliphatic carbocycles. The van der Waals surface area contributed by atoms with E-state index in [1.54, 1.807) is 11.0 Å². The molecule has 134 valence electrons. The molecular formula is C17H23N5O3. The summed E-state index contributed by atoms with van der Waals surface area (Å²) >= 11 is 0. The van der Waals surface area contributed by atoms with E-state index < -0.39 is 0 Å². The molecule has 0 fully saturated rings. The van der Waals surface area contributed by atoms with Gasteiger partial charge in [0.1, 0.15) is 12.7 Å². The quantitative estimate of drug-likeness (QED) is 0.780. The lowest BCUT2D eigenvalue weighted by atomic mass is 10.1. The molecule has 1 atom stereocenters. The number of nitrogens with zero attached hydrogens (tertiary/aromatic N) is 3. The lowest BCUT2D eigenvalue weighted by Gasteiger charge is -2.17. The number of fused-ring (bicyclic) bond motifs is 1. The Morgan fingerprint density at radius 1 is 1.32 bits per heavy atom. The van der Waals surface area contributed by atoms with Crippen LogP contribution in [0.4, 0.5) is 4.79 Å². The van der Waals surface area contributed by atoms with Crippen LogP contribution in [-0.2, 0) is 6.54 Å². The molecule has 0 spiro atoms. The normalized spacial score (nSPS) is 14.4. The molecule has 2 heterocycles. The molecule has 0 saturated heterocycles. The van der Waals surface area contributed by atoms with E-state index in [9.17, 15) is 4.79 Å². The zero-order valence-electron chi connectivity index (χ0n) is 14.3. The summed E-state index contributed by atoms with van der Waals surface area (Å²) in [5.74, 6) is 1.49. The van der Waals surface area contributed by atoms with Gasteiger partial charge in [-0.2, -0.15) is 5.10 Å². The number of hydrogen-bond donors (Lipinski definition) is 2. The van der Waals surface area contributed by atoms with E-state index in [4.69, 9.17) is 9.47 Å². The van der Waals surface area contributed by atoms with Gasteiger partial charge in [-0.3, -0.25) is 4.68 Å². The van der Waals surface area contributed by atoms with Gasteiger partial charge in [-0.1, -0.05) is 6.07 Å². The molecule has 1 aromatic heterocycles. The number of carbonyl (C=O) groups is 1. The number of aryl methyl sites for hydroxylation is 1. The summed E-state index contributed by atoms with van der Waals surface area (Å²) in [6, 6.07) is 5.44. The van der Waals surface area contributed by atoms with Gasteiger partial charge in [0.2, 0.25) is 0 Å². The molecule has 2 N–H and O–H groups in total. The van der Waals surface area contributed by atoms with Crippen LogP contribution in [0.25, 0.3) is 0 Å². The van der Waals surface area contributed by atoms with Crippen molar-refractivity contribution in [3.63, 3.8) is 0 Å². The number of amides is 2. The van der Waals surface area contributed by atoms with Crippen LogP contribution in [0.3, 0.4) is 0 Å². The van der Waals surface area contributed by atoms with Gasteiger partial charge in [0.25, 0.3) is 0 Å². The summed E-state index contributed by atoms with van der Waals surface area (Å²) < 4.78 is 13.1. The second-order valence-corrected chi connectivity index (χ2v) is 5.89. The molecule has 0 saturated carbocycles. The van der Waals surface area contributed by atoms with Crippen molar-refractivity contribution in [3.8, 4) is 11.5 Å². The Morgan fingerprint density at radius 3 is 2.96 bits per heavy atom. The molecule has 1 aliphatic rings. The molecule has 0 bridgehead atoms. The van der Waals surface area contributed by atoms with Crippen molar-refractivity contribution in [1.29, 1.82) is 0 Å². The maximum absolute atomic E-state index is 12.0. The molecule has 3 rings (SSSR count). The fourth-order valence-corrected chi connectivity index (χ4v) is 2.57. The van der Waals surface area contributed by atoms with Gasteiger partial charge in [0.15, 0.2) is 11.5 Å². The van der Waals surface area contributed by atoms with Crippen molar-refractivity contribution in [2.75, 3.05) is 19.8 Å². The van der Waals surface area contributed by atoms with Crippen LogP contribution in [0.15, 0.2) is 30.9 Å². The summed E-state index contributed by atoms with van der Waals surface area (Å²) in [6.07, 6.45) is 4.81. The van der Waals surface area contributed by atoms with Crippen LogP contribution in [0.1, 0.15) is 31.4 Å². The second-order valence-electron chi connectivity index (χ2n) is 5.89. The van der Waals surface area contributed by atoms with Gasteiger partial charge in [-0.05, 0) is 31.0 Å². The number of carbonyl (C=O) groups excluding carboxylic acids is 1. The number of benzene rings is 1. The third kappa shape index (κ3) is 4.85. The van der Waals surface area contributed by atoms with Crippen molar-refractivity contribution in [3.05, 3.63) is 36.4 Å². The Balaban J connectivity index is 1.45. The lowest BCUT2D eigenvalue weighted by molar-refractivity contribution is 0.237. The van der Waals surface area contributed by atoms with Gasteiger partial charge in [0.05, 0.1) is 19.3 Å². The first-order valence-electron chi connectivity index (χ1n) is 8.49. The van der Waals surface area contributed by atoms with Crippen molar-refractivity contribution in [1.82, 2.24) is 25.4 Å². The SMILES string of the molecule is C[C@@H](NC(=O)NCCCn1cncn1)c1ccc2c(c1)OCCCO2. The highest BCUT2D eigenvalue weighted by Crippen LogP contribution is 2.32. The predicted octanol–water partition coefficient (Wildman–Crippen LogP) is 1.89. The Hall–Kier alpha value is -2.77. The molecular weight excluding hydrogens is 322 g/mol. The maximum Gasteiger partial charge on any atom is 0.315 e. The van der Waals surface area contributed by atoms with Gasteiger partial charge in [-0.25, -0.2) is 9.78 Å². The van der Waals surface area contributed by atoms with Crippen LogP contribution in [0.5, 0.6) is 11.5 Å². The van der Waals surface area contributed by atoms with Gasteiger partial charge in [0, 0.05) is 19.5 Å². The van der Waals surface area contributed by atoms with E-state index >= 15 is 0 Å². The zero-order valence-corrected chi connectivity index (χ0v) is 14.3. The average molecular weight is 345 g/mol. The number of aromatic nitrogens is 3. The molecule has 2 aromatic rings. The minimum Gasteiger partial charge on any atom is -0.490 e. The smallest absolute Gasteiger partial charge is 0.315 e. The largest absolute Gasteiger partial charge is 0.490 e. The monoisotopic (exact) mass is 345 g/mol. The van der Waals surface area contributed by atoms with E-state index in [0.717, 1.165) is 36.4 Å². The summed E-state index contributed by atoms with van der Waals surface area (Å²) in [7, 11) is 0. The lowest BCUT2D eigenvalue weighted by Crippen LogP contribution is -2.37. The molecule has 2 amide bonds. The Labute approximate surface area is 146 Å². The first kappa shape index (κ1) is 17.1. The number of nitrogens with one attached hydrogen (secondary N) is 2. The topological polar surface area (TPSA) is 90.3 Å². The van der Waals surface area contributed by atoms with Crippen molar-refractivity contribution in [2.24, 2.45) is 0 Å². The maximum atomic E-state index is 12.0. The molecule has 25 heavy (non-hydrogen) atoms. The van der Waals surface area contributed by atoms with E-state index in [1.165, 1.54) is 6.33 Å². The molecule has 1 aromatic carbocycles. The van der Waals surface area contributed by atoms with Gasteiger partial charge < -0.3 is 20.1 Å². The molecule has 8 nitrogen and oxygen atoms in total. The first-order valence-corrected chi connectivity index (χ1v) is 8.49. The standard InChI is InChI=1S/C17H23N5O3/c1-13(14-4-5-15-16(10-14)25-9-3-8-24-15)21-17(23)19-6-2-7-22-12-18-11-20-22/h4-5,10-13H,2-3,6-9H2,1H3,(H2,19,21,23)/t13-/m1/s1. The van der Waals surface area contributed by atoms with E-state index in [1.807, 2.05) is 25.1 Å². The van der Waals surface area contributed by atoms with Crippen molar-refractivity contribution in [2.45, 2.75) is 32.4 Å². The number of ether oxygens (including phenoxy) is 2. The summed E-state index contributed by atoms with van der Waals surface area (Å²) in [5, 5.41) is 9.80. The fraction of sp³-hybridized carbons (Fsp3) is 0.471. The predicted molar refractivity (Wildman–Crippen MR) is 91.6 cm³/mol. The highest BCUT2D eigenvalue weighted by molar-refractivity contribution is 5.74. The third-order valence-corrected chi connectivity index (χ3v) is 3.94. The number of urea groups is 1. The average Bonchev–Trinajstić information content (AvgIpc) is 3.01. The van der Waals surface area contributed by atoms with Crippen LogP contribution in [0, 0.1) is 0 Å². The molecule has 0 unspecified atom stereocenters. The Bertz CT molecular complexity index is 690. The minimum atomic E-state index is -0.196. The van der Waals surface area contributed by atoms with Crippen LogP contribution >= 0.6 is 0 Å². The van der Waals surface area contributed by atoms with Crippen molar-refractivity contribution < 1.29 is 14.3 Å². The third-order valence-electron chi connectivity index (χ3n) is 3.94. The van der Waals surface area contributed by atoms with Gasteiger partial charge >= 0.3 is 6.03 Å². The second kappa shape index (κ2) is 8.36. The zero-order chi connectivity index (χ0) is 17.5. The molecule has 1 aliphatic heterocycles.